The Bertz CT molecular complexity index is 385. The first-order chi connectivity index (χ1) is 8.78. The highest BCUT2D eigenvalue weighted by Crippen LogP contribution is 2.26. The fourth-order valence-electron chi connectivity index (χ4n) is 2.35. The maximum absolute atomic E-state index is 13.4. The van der Waals surface area contributed by atoms with Crippen LogP contribution in [0.3, 0.4) is 0 Å². The Labute approximate surface area is 118 Å². The van der Waals surface area contributed by atoms with Crippen molar-refractivity contribution in [3.8, 4) is 0 Å². The molecule has 1 nitrogen and oxygen atoms in total. The molecule has 0 saturated carbocycles. The predicted octanol–water partition coefficient (Wildman–Crippen LogP) is 4.49. The Kier molecular flexibility index (Phi) is 6.21. The van der Waals surface area contributed by atoms with Gasteiger partial charge in [-0.1, -0.05) is 45.6 Å². The summed E-state index contributed by atoms with van der Waals surface area (Å²) in [5.41, 5.74) is 1.14. The summed E-state index contributed by atoms with van der Waals surface area (Å²) in [7, 11) is -1.16. The maximum Gasteiger partial charge on any atom is 0.123 e. The molecule has 0 radical (unpaired) electrons. The third-order valence-electron chi connectivity index (χ3n) is 3.12. The molecule has 3 heteroatoms. The largest absolute Gasteiger partial charge is 0.316 e. The molecule has 0 fully saturated rings. The number of halogens is 1. The molecule has 1 rings (SSSR count). The zero-order chi connectivity index (χ0) is 14.5. The molecule has 19 heavy (non-hydrogen) atoms. The van der Waals surface area contributed by atoms with Gasteiger partial charge in [0.2, 0.25) is 0 Å². The van der Waals surface area contributed by atoms with Crippen LogP contribution in [0.1, 0.15) is 25.3 Å². The number of hydrogen-bond acceptors (Lipinski definition) is 1. The van der Waals surface area contributed by atoms with Crippen LogP contribution in [0.15, 0.2) is 24.3 Å². The molecule has 1 atom stereocenters. The van der Waals surface area contributed by atoms with Gasteiger partial charge in [-0.05, 0) is 42.1 Å². The topological polar surface area (TPSA) is 12.0 Å². The van der Waals surface area contributed by atoms with Crippen LogP contribution in [-0.2, 0) is 0 Å². The molecule has 0 aliphatic rings. The summed E-state index contributed by atoms with van der Waals surface area (Å²) in [6, 6.07) is 8.30. The van der Waals surface area contributed by atoms with Crippen molar-refractivity contribution >= 4 is 8.07 Å². The van der Waals surface area contributed by atoms with Gasteiger partial charge in [0.25, 0.3) is 0 Å². The van der Waals surface area contributed by atoms with Gasteiger partial charge in [-0.2, -0.15) is 0 Å². The van der Waals surface area contributed by atoms with Crippen molar-refractivity contribution in [3.63, 3.8) is 0 Å². The van der Waals surface area contributed by atoms with Gasteiger partial charge in [0, 0.05) is 14.6 Å². The predicted molar refractivity (Wildman–Crippen MR) is 85.0 cm³/mol. The minimum absolute atomic E-state index is 0.123. The van der Waals surface area contributed by atoms with E-state index in [4.69, 9.17) is 0 Å². The van der Waals surface area contributed by atoms with E-state index < -0.39 is 8.07 Å². The summed E-state index contributed by atoms with van der Waals surface area (Å²) >= 11 is 0. The number of hydrogen-bond donors (Lipinski definition) is 1. The van der Waals surface area contributed by atoms with Crippen LogP contribution in [0.2, 0.25) is 25.7 Å². The fraction of sp³-hybridized carbons (Fsp3) is 0.625. The van der Waals surface area contributed by atoms with Crippen LogP contribution in [0.5, 0.6) is 0 Å². The van der Waals surface area contributed by atoms with Crippen LogP contribution < -0.4 is 5.32 Å². The minimum Gasteiger partial charge on any atom is -0.316 e. The fourth-order valence-corrected chi connectivity index (χ4v) is 4.21. The minimum atomic E-state index is -1.16. The average molecular weight is 281 g/mol. The number of nitrogens with one attached hydrogen (secondary N) is 1. The highest BCUT2D eigenvalue weighted by molar-refractivity contribution is 6.76. The van der Waals surface area contributed by atoms with Gasteiger partial charge in [0.05, 0.1) is 0 Å². The third-order valence-corrected chi connectivity index (χ3v) is 4.84. The lowest BCUT2D eigenvalue weighted by atomic mass is 10.0. The van der Waals surface area contributed by atoms with Crippen molar-refractivity contribution in [2.24, 2.45) is 5.92 Å². The standard InChI is InChI=1S/C16H28FNSi/c1-13(2)10-18-11-15(12-19(3,4)5)14-7-6-8-16(17)9-14/h6-9,13,15,18H,10-12H2,1-5H3. The summed E-state index contributed by atoms with van der Waals surface area (Å²) < 4.78 is 13.4. The van der Waals surface area contributed by atoms with Crippen LogP contribution in [0.4, 0.5) is 4.39 Å². The van der Waals surface area contributed by atoms with Gasteiger partial charge < -0.3 is 5.32 Å². The molecular weight excluding hydrogens is 253 g/mol. The van der Waals surface area contributed by atoms with Crippen molar-refractivity contribution < 1.29 is 4.39 Å². The van der Waals surface area contributed by atoms with Crippen molar-refractivity contribution in [3.05, 3.63) is 35.6 Å². The molecule has 1 aromatic rings. The van der Waals surface area contributed by atoms with E-state index in [2.05, 4.69) is 44.9 Å². The summed E-state index contributed by atoms with van der Waals surface area (Å²) in [6.45, 7) is 13.5. The van der Waals surface area contributed by atoms with E-state index in [1.165, 1.54) is 12.1 Å². The normalized spacial score (nSPS) is 13.8. The smallest absolute Gasteiger partial charge is 0.123 e. The lowest BCUT2D eigenvalue weighted by Crippen LogP contribution is -2.31. The van der Waals surface area contributed by atoms with Gasteiger partial charge >= 0.3 is 0 Å². The molecular formula is C16H28FNSi. The van der Waals surface area contributed by atoms with E-state index >= 15 is 0 Å². The van der Waals surface area contributed by atoms with E-state index in [0.29, 0.717) is 11.8 Å². The van der Waals surface area contributed by atoms with Crippen molar-refractivity contribution in [2.45, 2.75) is 45.5 Å². The van der Waals surface area contributed by atoms with Crippen molar-refractivity contribution in [2.75, 3.05) is 13.1 Å². The van der Waals surface area contributed by atoms with E-state index in [1.54, 1.807) is 6.07 Å². The van der Waals surface area contributed by atoms with Gasteiger partial charge in [-0.25, -0.2) is 4.39 Å². The third kappa shape index (κ3) is 6.88. The number of rotatable bonds is 7. The molecule has 1 aromatic carbocycles. The molecule has 1 unspecified atom stereocenters. The highest BCUT2D eigenvalue weighted by atomic mass is 28.3. The highest BCUT2D eigenvalue weighted by Gasteiger charge is 2.22. The zero-order valence-electron chi connectivity index (χ0n) is 13.0. The first kappa shape index (κ1) is 16.4. The molecule has 0 spiro atoms. The monoisotopic (exact) mass is 281 g/mol. The second kappa shape index (κ2) is 7.20. The summed E-state index contributed by atoms with van der Waals surface area (Å²) in [4.78, 5) is 0. The maximum atomic E-state index is 13.4. The molecule has 0 aromatic heterocycles. The summed E-state index contributed by atoms with van der Waals surface area (Å²) in [6.07, 6.45) is 0. The average Bonchev–Trinajstić information content (AvgIpc) is 2.25. The van der Waals surface area contributed by atoms with Crippen LogP contribution in [0, 0.1) is 11.7 Å². The molecule has 0 aliphatic carbocycles. The molecule has 0 saturated heterocycles. The Morgan fingerprint density at radius 3 is 2.37 bits per heavy atom. The quantitative estimate of drug-likeness (QED) is 0.726. The van der Waals surface area contributed by atoms with E-state index in [0.717, 1.165) is 18.7 Å². The van der Waals surface area contributed by atoms with Gasteiger partial charge in [0.15, 0.2) is 0 Å². The van der Waals surface area contributed by atoms with E-state index in [1.807, 2.05) is 6.07 Å². The molecule has 0 aliphatic heterocycles. The van der Waals surface area contributed by atoms with Crippen LogP contribution in [0.25, 0.3) is 0 Å². The lowest BCUT2D eigenvalue weighted by Gasteiger charge is -2.26. The SMILES string of the molecule is CC(C)CNCC(C[Si](C)(C)C)c1cccc(F)c1. The van der Waals surface area contributed by atoms with Gasteiger partial charge in [-0.3, -0.25) is 0 Å². The van der Waals surface area contributed by atoms with E-state index in [9.17, 15) is 4.39 Å². The van der Waals surface area contributed by atoms with E-state index in [-0.39, 0.29) is 5.82 Å². The molecule has 0 bridgehead atoms. The van der Waals surface area contributed by atoms with Crippen LogP contribution in [-0.4, -0.2) is 21.2 Å². The molecule has 108 valence electrons. The second-order valence-corrected chi connectivity index (χ2v) is 12.6. The Morgan fingerprint density at radius 1 is 1.16 bits per heavy atom. The summed E-state index contributed by atoms with van der Waals surface area (Å²) in [5, 5.41) is 3.53. The zero-order valence-corrected chi connectivity index (χ0v) is 14.0. The second-order valence-electron chi connectivity index (χ2n) is 7.07. The molecule has 0 amide bonds. The Hall–Kier alpha value is -0.673. The first-order valence-corrected chi connectivity index (χ1v) is 10.9. The lowest BCUT2D eigenvalue weighted by molar-refractivity contribution is 0.525. The molecule has 0 heterocycles. The van der Waals surface area contributed by atoms with Gasteiger partial charge in [0.1, 0.15) is 5.82 Å². The Morgan fingerprint density at radius 2 is 1.84 bits per heavy atom. The van der Waals surface area contributed by atoms with Gasteiger partial charge in [-0.15, -0.1) is 0 Å². The first-order valence-electron chi connectivity index (χ1n) is 7.24. The van der Waals surface area contributed by atoms with Crippen LogP contribution >= 0.6 is 0 Å². The molecule has 1 N–H and O–H groups in total. The van der Waals surface area contributed by atoms with Crippen molar-refractivity contribution in [1.82, 2.24) is 5.32 Å². The van der Waals surface area contributed by atoms with Crippen molar-refractivity contribution in [1.29, 1.82) is 0 Å². The summed E-state index contributed by atoms with van der Waals surface area (Å²) in [5.74, 6) is 0.961. The Balaban J connectivity index is 2.74. The number of benzene rings is 1.